The molecule has 3 nitrogen and oxygen atoms in total. The number of nitriles is 1. The summed E-state index contributed by atoms with van der Waals surface area (Å²) in [5.74, 6) is -3.34. The lowest BCUT2D eigenvalue weighted by atomic mass is 10.2. The van der Waals surface area contributed by atoms with Crippen LogP contribution in [0.15, 0.2) is 30.5 Å². The lowest BCUT2D eigenvalue weighted by molar-refractivity contribution is 0.496. The van der Waals surface area contributed by atoms with Crippen LogP contribution in [0.2, 0.25) is 0 Å². The van der Waals surface area contributed by atoms with E-state index in [4.69, 9.17) is 5.26 Å². The van der Waals surface area contributed by atoms with Gasteiger partial charge < -0.3 is 5.32 Å². The normalized spacial score (nSPS) is 9.89. The number of pyridine rings is 1. The second-order valence-corrected chi connectivity index (χ2v) is 3.41. The first kappa shape index (κ1) is 11.9. The largest absolute Gasteiger partial charge is 0.353 e. The molecule has 0 spiro atoms. The van der Waals surface area contributed by atoms with E-state index in [1.807, 2.05) is 6.07 Å². The van der Waals surface area contributed by atoms with Crippen molar-refractivity contribution in [2.45, 2.75) is 0 Å². The van der Waals surface area contributed by atoms with Gasteiger partial charge in [-0.05, 0) is 12.1 Å². The topological polar surface area (TPSA) is 48.7 Å². The van der Waals surface area contributed by atoms with E-state index in [0.717, 1.165) is 0 Å². The Bertz CT molecular complexity index is 635. The van der Waals surface area contributed by atoms with Gasteiger partial charge in [0.1, 0.15) is 17.6 Å². The number of rotatable bonds is 2. The number of nitrogens with one attached hydrogen (secondary N) is 1. The van der Waals surface area contributed by atoms with Gasteiger partial charge in [-0.25, -0.2) is 18.2 Å². The summed E-state index contributed by atoms with van der Waals surface area (Å²) >= 11 is 0. The van der Waals surface area contributed by atoms with E-state index in [0.29, 0.717) is 17.8 Å². The van der Waals surface area contributed by atoms with Gasteiger partial charge in [0.25, 0.3) is 0 Å². The van der Waals surface area contributed by atoms with Crippen LogP contribution in [0.25, 0.3) is 0 Å². The summed E-state index contributed by atoms with van der Waals surface area (Å²) in [6.45, 7) is 0. The molecule has 0 atom stereocenters. The zero-order valence-electron chi connectivity index (χ0n) is 8.92. The standard InChI is InChI=1S/C12H6F3N3/c13-9-4-11(15)12(5-10(9)14)18-7-1-2-17-8(3-7)6-16/h1-5H,(H,17,18). The van der Waals surface area contributed by atoms with Gasteiger partial charge in [-0.1, -0.05) is 0 Å². The Morgan fingerprint density at radius 3 is 2.50 bits per heavy atom. The number of halogens is 3. The fourth-order valence-corrected chi connectivity index (χ4v) is 1.34. The van der Waals surface area contributed by atoms with Crippen molar-refractivity contribution in [3.05, 3.63) is 53.6 Å². The van der Waals surface area contributed by atoms with Gasteiger partial charge >= 0.3 is 0 Å². The molecule has 2 aromatic rings. The molecular formula is C12H6F3N3. The Morgan fingerprint density at radius 1 is 1.06 bits per heavy atom. The van der Waals surface area contributed by atoms with E-state index in [9.17, 15) is 13.2 Å². The number of hydrogen-bond donors (Lipinski definition) is 1. The van der Waals surface area contributed by atoms with Gasteiger partial charge in [-0.2, -0.15) is 5.26 Å². The Hall–Kier alpha value is -2.55. The van der Waals surface area contributed by atoms with Crippen molar-refractivity contribution < 1.29 is 13.2 Å². The van der Waals surface area contributed by atoms with Crippen LogP contribution in [0.4, 0.5) is 24.5 Å². The number of benzene rings is 1. The molecule has 0 saturated heterocycles. The SMILES string of the molecule is N#Cc1cc(Nc2cc(F)c(F)cc2F)ccn1. The number of anilines is 2. The van der Waals surface area contributed by atoms with Crippen LogP contribution in [0, 0.1) is 28.8 Å². The summed E-state index contributed by atoms with van der Waals surface area (Å²) in [5.41, 5.74) is 0.262. The van der Waals surface area contributed by atoms with E-state index >= 15 is 0 Å². The Morgan fingerprint density at radius 2 is 1.78 bits per heavy atom. The Labute approximate surface area is 101 Å². The molecular weight excluding hydrogens is 243 g/mol. The first-order valence-electron chi connectivity index (χ1n) is 4.88. The number of hydrogen-bond acceptors (Lipinski definition) is 3. The van der Waals surface area contributed by atoms with E-state index in [2.05, 4.69) is 10.3 Å². The van der Waals surface area contributed by atoms with Crippen LogP contribution in [0.3, 0.4) is 0 Å². The molecule has 6 heteroatoms. The molecule has 90 valence electrons. The molecule has 0 saturated carbocycles. The van der Waals surface area contributed by atoms with Crippen molar-refractivity contribution in [1.29, 1.82) is 5.26 Å². The minimum Gasteiger partial charge on any atom is -0.353 e. The van der Waals surface area contributed by atoms with Crippen LogP contribution >= 0.6 is 0 Å². The zero-order chi connectivity index (χ0) is 13.1. The van der Waals surface area contributed by atoms with Crippen molar-refractivity contribution >= 4 is 11.4 Å². The zero-order valence-corrected chi connectivity index (χ0v) is 8.92. The molecule has 0 unspecified atom stereocenters. The summed E-state index contributed by atoms with van der Waals surface area (Å²) < 4.78 is 39.0. The van der Waals surface area contributed by atoms with Crippen molar-refractivity contribution in [2.24, 2.45) is 0 Å². The lowest BCUT2D eigenvalue weighted by Crippen LogP contribution is -1.97. The highest BCUT2D eigenvalue weighted by molar-refractivity contribution is 5.60. The quantitative estimate of drug-likeness (QED) is 0.832. The monoisotopic (exact) mass is 249 g/mol. The maximum Gasteiger partial charge on any atom is 0.161 e. The molecule has 0 radical (unpaired) electrons. The summed E-state index contributed by atoms with van der Waals surface area (Å²) in [6.07, 6.45) is 1.35. The highest BCUT2D eigenvalue weighted by Gasteiger charge is 2.10. The Balaban J connectivity index is 2.34. The molecule has 1 N–H and O–H groups in total. The molecule has 0 fully saturated rings. The second kappa shape index (κ2) is 4.75. The molecule has 1 aromatic carbocycles. The van der Waals surface area contributed by atoms with Crippen LogP contribution < -0.4 is 5.32 Å². The van der Waals surface area contributed by atoms with Gasteiger partial charge in [0.15, 0.2) is 11.6 Å². The third-order valence-electron chi connectivity index (χ3n) is 2.16. The van der Waals surface area contributed by atoms with Crippen LogP contribution in [-0.2, 0) is 0 Å². The third-order valence-corrected chi connectivity index (χ3v) is 2.16. The molecule has 0 aliphatic heterocycles. The summed E-state index contributed by atoms with van der Waals surface area (Å²) in [6, 6.07) is 5.80. The minimum absolute atomic E-state index is 0.128. The van der Waals surface area contributed by atoms with Crippen molar-refractivity contribution in [3.63, 3.8) is 0 Å². The summed E-state index contributed by atoms with van der Waals surface area (Å²) in [4.78, 5) is 3.72. The van der Waals surface area contributed by atoms with Crippen molar-refractivity contribution in [2.75, 3.05) is 5.32 Å². The molecule has 1 aromatic heterocycles. The smallest absolute Gasteiger partial charge is 0.161 e. The number of nitrogens with zero attached hydrogens (tertiary/aromatic N) is 2. The summed E-state index contributed by atoms with van der Waals surface area (Å²) in [7, 11) is 0. The van der Waals surface area contributed by atoms with Gasteiger partial charge in [0.05, 0.1) is 5.69 Å². The van der Waals surface area contributed by atoms with Crippen LogP contribution in [0.5, 0.6) is 0 Å². The van der Waals surface area contributed by atoms with E-state index in [-0.39, 0.29) is 11.4 Å². The predicted octanol–water partition coefficient (Wildman–Crippen LogP) is 3.11. The van der Waals surface area contributed by atoms with Gasteiger partial charge in [0, 0.05) is 24.0 Å². The fourth-order valence-electron chi connectivity index (χ4n) is 1.34. The van der Waals surface area contributed by atoms with Gasteiger partial charge in [0.2, 0.25) is 0 Å². The molecule has 18 heavy (non-hydrogen) atoms. The lowest BCUT2D eigenvalue weighted by Gasteiger charge is -2.08. The van der Waals surface area contributed by atoms with Crippen LogP contribution in [-0.4, -0.2) is 4.98 Å². The second-order valence-electron chi connectivity index (χ2n) is 3.41. The fraction of sp³-hybridized carbons (Fsp3) is 0. The van der Waals surface area contributed by atoms with E-state index < -0.39 is 17.5 Å². The minimum atomic E-state index is -1.26. The maximum atomic E-state index is 13.3. The van der Waals surface area contributed by atoms with Crippen LogP contribution in [0.1, 0.15) is 5.69 Å². The molecule has 0 aliphatic rings. The highest BCUT2D eigenvalue weighted by atomic mass is 19.2. The first-order chi connectivity index (χ1) is 8.60. The molecule has 1 heterocycles. The third kappa shape index (κ3) is 2.40. The molecule has 0 bridgehead atoms. The average molecular weight is 249 g/mol. The molecule has 0 amide bonds. The van der Waals surface area contributed by atoms with Gasteiger partial charge in [-0.3, -0.25) is 0 Å². The highest BCUT2D eigenvalue weighted by Crippen LogP contribution is 2.22. The molecule has 0 aliphatic carbocycles. The van der Waals surface area contributed by atoms with Crippen molar-refractivity contribution in [3.8, 4) is 6.07 Å². The van der Waals surface area contributed by atoms with Crippen molar-refractivity contribution in [1.82, 2.24) is 4.98 Å². The predicted molar refractivity (Wildman–Crippen MR) is 58.6 cm³/mol. The van der Waals surface area contributed by atoms with E-state index in [1.54, 1.807) is 0 Å². The maximum absolute atomic E-state index is 13.3. The number of aromatic nitrogens is 1. The summed E-state index contributed by atoms with van der Waals surface area (Å²) in [5, 5.41) is 11.2. The first-order valence-corrected chi connectivity index (χ1v) is 4.88. The average Bonchev–Trinajstić information content (AvgIpc) is 2.36. The van der Waals surface area contributed by atoms with E-state index in [1.165, 1.54) is 18.3 Å². The molecule has 2 rings (SSSR count). The van der Waals surface area contributed by atoms with Gasteiger partial charge in [-0.15, -0.1) is 0 Å². The Kier molecular flexibility index (Phi) is 3.15.